The van der Waals surface area contributed by atoms with Crippen molar-refractivity contribution >= 4 is 28.6 Å². The first-order chi connectivity index (χ1) is 16.8. The average Bonchev–Trinajstić information content (AvgIpc) is 3.34. The van der Waals surface area contributed by atoms with Gasteiger partial charge in [0.25, 0.3) is 5.91 Å². The average molecular weight is 469 g/mol. The maximum atomic E-state index is 13.0. The lowest BCUT2D eigenvalue weighted by atomic mass is 9.96. The molecule has 4 heterocycles. The third-order valence-corrected chi connectivity index (χ3v) is 7.14. The van der Waals surface area contributed by atoms with Gasteiger partial charge in [-0.1, -0.05) is 11.3 Å². The Morgan fingerprint density at radius 2 is 1.89 bits per heavy atom. The molecule has 2 N–H and O–H groups in total. The molecule has 0 aliphatic carbocycles. The fourth-order valence-electron chi connectivity index (χ4n) is 5.37. The van der Waals surface area contributed by atoms with E-state index in [-0.39, 0.29) is 17.5 Å². The summed E-state index contributed by atoms with van der Waals surface area (Å²) in [6.45, 7) is 10.7. The minimum atomic E-state index is -0.253. The number of rotatable bonds is 4. The van der Waals surface area contributed by atoms with Gasteiger partial charge in [-0.3, -0.25) is 14.8 Å². The van der Waals surface area contributed by atoms with E-state index in [0.717, 1.165) is 29.0 Å². The number of aryl methyl sites for hydroxylation is 2. The lowest BCUT2D eigenvalue weighted by Crippen LogP contribution is -2.63. The third kappa shape index (κ3) is 3.72. The molecule has 1 fully saturated rings. The fourth-order valence-corrected chi connectivity index (χ4v) is 5.37. The van der Waals surface area contributed by atoms with Gasteiger partial charge in [0.2, 0.25) is 5.95 Å². The molecular formula is C26H28N8O. The molecule has 9 nitrogen and oxygen atoms in total. The van der Waals surface area contributed by atoms with E-state index in [4.69, 9.17) is 4.98 Å². The van der Waals surface area contributed by atoms with Crippen LogP contribution in [0.1, 0.15) is 46.6 Å². The van der Waals surface area contributed by atoms with E-state index in [1.165, 1.54) is 11.1 Å². The Morgan fingerprint density at radius 1 is 1.11 bits per heavy atom. The molecule has 0 spiro atoms. The Labute approximate surface area is 203 Å². The van der Waals surface area contributed by atoms with Gasteiger partial charge in [-0.25, -0.2) is 9.97 Å². The van der Waals surface area contributed by atoms with E-state index in [9.17, 15) is 4.79 Å². The number of likely N-dealkylation sites (tertiary alicyclic amines) is 1. The number of anilines is 2. The number of hydrogen-bond acceptors (Lipinski definition) is 7. The van der Waals surface area contributed by atoms with Crippen molar-refractivity contribution in [2.45, 2.75) is 45.8 Å². The first-order valence-corrected chi connectivity index (χ1v) is 11.9. The maximum absolute atomic E-state index is 13.0. The smallest absolute Gasteiger partial charge is 0.254 e. The van der Waals surface area contributed by atoms with Crippen LogP contribution in [0.25, 0.3) is 11.0 Å². The number of H-pyrrole nitrogens is 1. The van der Waals surface area contributed by atoms with E-state index >= 15 is 0 Å². The van der Waals surface area contributed by atoms with Crippen molar-refractivity contribution in [3.8, 4) is 0 Å². The Balaban J connectivity index is 1.16. The summed E-state index contributed by atoms with van der Waals surface area (Å²) >= 11 is 0. The quantitative estimate of drug-likeness (QED) is 0.471. The standard InChI is InChI=1S/C26H28N8O/c1-15-7-16(2)9-19(8-15)28-25-27-11-18-12-34(26(3,4)23(18)29-25)20-13-33(14-20)24(35)17-5-6-21-22(10-17)31-32-30-21/h5-11,20H,12-14H2,1-4H3,(H,27,28,29)(H,30,31,32). The number of aromatic nitrogens is 5. The molecule has 9 heteroatoms. The molecule has 2 aliphatic rings. The summed E-state index contributed by atoms with van der Waals surface area (Å²) in [4.78, 5) is 26.9. The predicted octanol–water partition coefficient (Wildman–Crippen LogP) is 3.68. The fraction of sp³-hybridized carbons (Fsp3) is 0.346. The van der Waals surface area contributed by atoms with Crippen LogP contribution in [-0.2, 0) is 12.1 Å². The summed E-state index contributed by atoms with van der Waals surface area (Å²) in [6.07, 6.45) is 1.93. The Kier molecular flexibility index (Phi) is 4.86. The van der Waals surface area contributed by atoms with E-state index in [2.05, 4.69) is 76.5 Å². The highest BCUT2D eigenvalue weighted by Crippen LogP contribution is 2.41. The van der Waals surface area contributed by atoms with E-state index < -0.39 is 0 Å². The number of benzene rings is 2. The zero-order chi connectivity index (χ0) is 24.3. The summed E-state index contributed by atoms with van der Waals surface area (Å²) in [5, 5.41) is 14.0. The van der Waals surface area contributed by atoms with Crippen molar-refractivity contribution in [1.29, 1.82) is 0 Å². The van der Waals surface area contributed by atoms with Gasteiger partial charge in [0.05, 0.1) is 16.7 Å². The number of carbonyl (C=O) groups is 1. The summed E-state index contributed by atoms with van der Waals surface area (Å²) < 4.78 is 0. The molecule has 1 saturated heterocycles. The van der Waals surface area contributed by atoms with Gasteiger partial charge < -0.3 is 10.2 Å². The Morgan fingerprint density at radius 3 is 2.66 bits per heavy atom. The van der Waals surface area contributed by atoms with Gasteiger partial charge in [-0.15, -0.1) is 5.10 Å². The topological polar surface area (TPSA) is 103 Å². The SMILES string of the molecule is Cc1cc(C)cc(Nc2ncc3c(n2)C(C)(C)N(C2CN(C(=O)c4ccc5[nH]nnc5c4)C2)C3)c1. The second-order valence-corrected chi connectivity index (χ2v) is 10.2. The van der Waals surface area contributed by atoms with Crippen LogP contribution < -0.4 is 5.32 Å². The van der Waals surface area contributed by atoms with Gasteiger partial charge >= 0.3 is 0 Å². The molecule has 0 atom stereocenters. The van der Waals surface area contributed by atoms with Crippen molar-refractivity contribution in [2.75, 3.05) is 18.4 Å². The van der Waals surface area contributed by atoms with Crippen LogP contribution in [0.2, 0.25) is 0 Å². The molecule has 0 unspecified atom stereocenters. The highest BCUT2D eigenvalue weighted by molar-refractivity contribution is 5.97. The molecule has 2 aliphatic heterocycles. The predicted molar refractivity (Wildman–Crippen MR) is 133 cm³/mol. The molecule has 0 saturated carbocycles. The van der Waals surface area contributed by atoms with Crippen LogP contribution >= 0.6 is 0 Å². The number of hydrogen-bond donors (Lipinski definition) is 2. The van der Waals surface area contributed by atoms with E-state index in [1.807, 2.05) is 23.2 Å². The van der Waals surface area contributed by atoms with Crippen LogP contribution in [-0.4, -0.2) is 60.2 Å². The van der Waals surface area contributed by atoms with Crippen molar-refractivity contribution in [1.82, 2.24) is 35.2 Å². The summed E-state index contributed by atoms with van der Waals surface area (Å²) in [6, 6.07) is 12.1. The monoisotopic (exact) mass is 468 g/mol. The zero-order valence-corrected chi connectivity index (χ0v) is 20.3. The van der Waals surface area contributed by atoms with Crippen LogP contribution in [0.5, 0.6) is 0 Å². The van der Waals surface area contributed by atoms with Crippen LogP contribution in [0.15, 0.2) is 42.6 Å². The molecule has 6 rings (SSSR count). The number of fused-ring (bicyclic) bond motifs is 2. The minimum absolute atomic E-state index is 0.0281. The molecule has 2 aromatic carbocycles. The summed E-state index contributed by atoms with van der Waals surface area (Å²) in [7, 11) is 0. The molecule has 0 radical (unpaired) electrons. The normalized spacial score (nSPS) is 17.4. The lowest BCUT2D eigenvalue weighted by Gasteiger charge is -2.48. The van der Waals surface area contributed by atoms with Crippen LogP contribution in [0.3, 0.4) is 0 Å². The van der Waals surface area contributed by atoms with Gasteiger partial charge in [-0.2, -0.15) is 0 Å². The first-order valence-electron chi connectivity index (χ1n) is 11.9. The van der Waals surface area contributed by atoms with Gasteiger partial charge in [0.1, 0.15) is 5.52 Å². The highest BCUT2D eigenvalue weighted by atomic mass is 16.2. The van der Waals surface area contributed by atoms with E-state index in [0.29, 0.717) is 30.1 Å². The van der Waals surface area contributed by atoms with E-state index in [1.54, 1.807) is 6.07 Å². The van der Waals surface area contributed by atoms with Crippen molar-refractivity contribution in [2.24, 2.45) is 0 Å². The molecule has 0 bridgehead atoms. The van der Waals surface area contributed by atoms with Crippen molar-refractivity contribution < 1.29 is 4.79 Å². The van der Waals surface area contributed by atoms with Crippen LogP contribution in [0, 0.1) is 13.8 Å². The number of amides is 1. The van der Waals surface area contributed by atoms with Gasteiger partial charge in [0.15, 0.2) is 0 Å². The Bertz CT molecular complexity index is 1430. The van der Waals surface area contributed by atoms with Crippen molar-refractivity contribution in [3.63, 3.8) is 0 Å². The van der Waals surface area contributed by atoms with Crippen LogP contribution in [0.4, 0.5) is 11.6 Å². The second kappa shape index (κ2) is 7.84. The second-order valence-electron chi connectivity index (χ2n) is 10.2. The van der Waals surface area contributed by atoms with Gasteiger partial charge in [0, 0.05) is 48.7 Å². The van der Waals surface area contributed by atoms with Gasteiger partial charge in [-0.05, 0) is 69.2 Å². The number of carbonyl (C=O) groups excluding carboxylic acids is 1. The summed E-state index contributed by atoms with van der Waals surface area (Å²) in [5.74, 6) is 0.637. The molecule has 1 amide bonds. The highest BCUT2D eigenvalue weighted by Gasteiger charge is 2.47. The Hall–Kier alpha value is -3.85. The molecule has 4 aromatic rings. The maximum Gasteiger partial charge on any atom is 0.254 e. The zero-order valence-electron chi connectivity index (χ0n) is 20.3. The molecule has 178 valence electrons. The lowest BCUT2D eigenvalue weighted by molar-refractivity contribution is -0.0127. The minimum Gasteiger partial charge on any atom is -0.335 e. The summed E-state index contributed by atoms with van der Waals surface area (Å²) in [5.41, 5.74) is 7.49. The first kappa shape index (κ1) is 21.7. The largest absolute Gasteiger partial charge is 0.335 e. The number of aromatic amines is 1. The number of nitrogens with one attached hydrogen (secondary N) is 2. The molecular weight excluding hydrogens is 440 g/mol. The third-order valence-electron chi connectivity index (χ3n) is 7.14. The number of nitrogens with zero attached hydrogens (tertiary/aromatic N) is 6. The molecule has 2 aromatic heterocycles. The molecule has 35 heavy (non-hydrogen) atoms. The van der Waals surface area contributed by atoms with Crippen molar-refractivity contribution in [3.05, 3.63) is 70.5 Å².